The van der Waals surface area contributed by atoms with Crippen LogP contribution >= 0.6 is 23.1 Å². The molecule has 1 aromatic rings. The number of thioether (sulfide) groups is 1. The van der Waals surface area contributed by atoms with E-state index in [2.05, 4.69) is 4.98 Å². The molecule has 1 amide bonds. The van der Waals surface area contributed by atoms with Crippen molar-refractivity contribution in [3.05, 3.63) is 16.1 Å². The van der Waals surface area contributed by atoms with Crippen LogP contribution < -0.4 is 0 Å². The molecule has 0 aliphatic carbocycles. The molecule has 0 bridgehead atoms. The van der Waals surface area contributed by atoms with Crippen molar-refractivity contribution in [3.63, 3.8) is 0 Å². The van der Waals surface area contributed by atoms with E-state index in [1.165, 1.54) is 17.1 Å². The minimum atomic E-state index is -1.10. The Morgan fingerprint density at radius 1 is 1.46 bits per heavy atom. The summed E-state index contributed by atoms with van der Waals surface area (Å²) in [6, 6.07) is 1.34. The summed E-state index contributed by atoms with van der Waals surface area (Å²) >= 11 is 2.58. The lowest BCUT2D eigenvalue weighted by atomic mass is 9.98. The Balaban J connectivity index is 2.19. The van der Waals surface area contributed by atoms with Crippen LogP contribution in [-0.4, -0.2) is 51.8 Å². The summed E-state index contributed by atoms with van der Waals surface area (Å²) < 4.78 is 4.88. The van der Waals surface area contributed by atoms with Gasteiger partial charge in [0.2, 0.25) is 5.91 Å². The quantitative estimate of drug-likeness (QED) is 0.654. The number of ketones is 1. The molecular formula is C17H21N3O4S2. The first-order valence-corrected chi connectivity index (χ1v) is 10.4. The molecule has 0 N–H and O–H groups in total. The summed E-state index contributed by atoms with van der Waals surface area (Å²) in [4.78, 5) is 42.8. The third-order valence-corrected chi connectivity index (χ3v) is 6.12. The van der Waals surface area contributed by atoms with Gasteiger partial charge in [0.05, 0.1) is 18.6 Å². The predicted octanol–water partition coefficient (Wildman–Crippen LogP) is 2.44. The van der Waals surface area contributed by atoms with E-state index in [1.807, 2.05) is 19.9 Å². The normalized spacial score (nSPS) is 18.8. The van der Waals surface area contributed by atoms with Gasteiger partial charge < -0.3 is 9.64 Å². The third-order valence-electron chi connectivity index (χ3n) is 4.19. The highest BCUT2D eigenvalue weighted by atomic mass is 32.2. The molecule has 2 heterocycles. The summed E-state index contributed by atoms with van der Waals surface area (Å²) in [5, 5.41) is 11.3. The number of aromatic nitrogens is 1. The Kier molecular flexibility index (Phi) is 7.17. The molecule has 26 heavy (non-hydrogen) atoms. The van der Waals surface area contributed by atoms with Gasteiger partial charge in [-0.15, -0.1) is 23.1 Å². The number of nitrogens with zero attached hydrogens (tertiary/aromatic N) is 3. The highest BCUT2D eigenvalue weighted by molar-refractivity contribution is 7.99. The largest absolute Gasteiger partial charge is 0.461 e. The van der Waals surface area contributed by atoms with Gasteiger partial charge in [-0.3, -0.25) is 9.59 Å². The molecule has 0 spiro atoms. The molecule has 0 aromatic carbocycles. The molecule has 2 rings (SSSR count). The highest BCUT2D eigenvalue weighted by Gasteiger charge is 2.40. The van der Waals surface area contributed by atoms with Gasteiger partial charge in [-0.25, -0.2) is 9.78 Å². The van der Waals surface area contributed by atoms with E-state index < -0.39 is 17.9 Å². The monoisotopic (exact) mass is 395 g/mol. The second-order valence-corrected chi connectivity index (χ2v) is 7.78. The van der Waals surface area contributed by atoms with Gasteiger partial charge in [0.1, 0.15) is 11.0 Å². The van der Waals surface area contributed by atoms with Crippen LogP contribution in [0.2, 0.25) is 0 Å². The van der Waals surface area contributed by atoms with Gasteiger partial charge in [-0.05, 0) is 13.3 Å². The van der Waals surface area contributed by atoms with Gasteiger partial charge >= 0.3 is 5.97 Å². The first-order chi connectivity index (χ1) is 12.4. The Labute approximate surface area is 160 Å². The maximum absolute atomic E-state index is 12.9. The zero-order chi connectivity index (χ0) is 19.3. The van der Waals surface area contributed by atoms with Crippen LogP contribution in [-0.2, 0) is 14.3 Å². The lowest BCUT2D eigenvalue weighted by Gasteiger charge is -2.26. The van der Waals surface area contributed by atoms with Crippen LogP contribution in [0.1, 0.15) is 48.6 Å². The maximum Gasteiger partial charge on any atom is 0.357 e. The van der Waals surface area contributed by atoms with Gasteiger partial charge in [0.25, 0.3) is 0 Å². The fourth-order valence-corrected chi connectivity index (χ4v) is 4.52. The second kappa shape index (κ2) is 9.14. The third kappa shape index (κ3) is 4.24. The highest BCUT2D eigenvalue weighted by Crippen LogP contribution is 2.30. The molecule has 1 aromatic heterocycles. The molecule has 1 saturated heterocycles. The van der Waals surface area contributed by atoms with E-state index in [-0.39, 0.29) is 34.9 Å². The number of carbonyl (C=O) groups is 3. The molecular weight excluding hydrogens is 374 g/mol. The van der Waals surface area contributed by atoms with E-state index >= 15 is 0 Å². The molecule has 1 aliphatic heterocycles. The van der Waals surface area contributed by atoms with Crippen molar-refractivity contribution in [1.82, 2.24) is 9.88 Å². The van der Waals surface area contributed by atoms with Crippen molar-refractivity contribution in [2.75, 3.05) is 18.2 Å². The minimum absolute atomic E-state index is 0.0705. The van der Waals surface area contributed by atoms with E-state index in [0.717, 1.165) is 11.3 Å². The van der Waals surface area contributed by atoms with Crippen molar-refractivity contribution in [3.8, 4) is 6.07 Å². The van der Waals surface area contributed by atoms with E-state index in [0.29, 0.717) is 18.1 Å². The van der Waals surface area contributed by atoms with Gasteiger partial charge in [-0.2, -0.15) is 5.26 Å². The molecule has 1 fully saturated rings. The number of thiazole rings is 1. The van der Waals surface area contributed by atoms with Crippen molar-refractivity contribution in [2.45, 2.75) is 39.2 Å². The number of Topliss-reactive ketones (excluding diaryl/α,β-unsaturated/α-hetero) is 1. The molecule has 0 radical (unpaired) electrons. The van der Waals surface area contributed by atoms with Crippen molar-refractivity contribution < 1.29 is 19.1 Å². The minimum Gasteiger partial charge on any atom is -0.461 e. The first-order valence-electron chi connectivity index (χ1n) is 8.38. The first kappa shape index (κ1) is 20.4. The van der Waals surface area contributed by atoms with Crippen LogP contribution in [0.15, 0.2) is 5.38 Å². The fourth-order valence-electron chi connectivity index (χ4n) is 2.51. The zero-order valence-electron chi connectivity index (χ0n) is 14.9. The number of nitriles is 1. The number of amides is 1. The lowest BCUT2D eigenvalue weighted by Crippen LogP contribution is -2.45. The molecule has 0 saturated carbocycles. The molecule has 0 unspecified atom stereocenters. The van der Waals surface area contributed by atoms with Crippen LogP contribution in [0.5, 0.6) is 0 Å². The number of hydrogen-bond donors (Lipinski definition) is 0. The molecule has 9 heteroatoms. The Bertz CT molecular complexity index is 728. The average Bonchev–Trinajstić information content (AvgIpc) is 3.30. The summed E-state index contributed by atoms with van der Waals surface area (Å²) in [5.41, 5.74) is 0.0910. The van der Waals surface area contributed by atoms with Crippen LogP contribution in [0.25, 0.3) is 0 Å². The Hall–Kier alpha value is -1.92. The maximum atomic E-state index is 12.9. The smallest absolute Gasteiger partial charge is 0.357 e. The van der Waals surface area contributed by atoms with Crippen molar-refractivity contribution in [1.29, 1.82) is 5.26 Å². The van der Waals surface area contributed by atoms with Crippen LogP contribution in [0.4, 0.5) is 0 Å². The number of rotatable bonds is 7. The topological polar surface area (TPSA) is 100 Å². The average molecular weight is 396 g/mol. The van der Waals surface area contributed by atoms with Crippen LogP contribution in [0.3, 0.4) is 0 Å². The van der Waals surface area contributed by atoms with Gasteiger partial charge in [0.15, 0.2) is 17.4 Å². The predicted molar refractivity (Wildman–Crippen MR) is 98.8 cm³/mol. The molecule has 1 aliphatic rings. The zero-order valence-corrected chi connectivity index (χ0v) is 16.6. The summed E-state index contributed by atoms with van der Waals surface area (Å²) in [7, 11) is 0. The standard InChI is InChI=1S/C17H21N3O4S2/c1-4-10(3)16(22)20-9-25-8-13(20)14(21)11(6-18)15-19-12(7-26-15)17(23)24-5-2/h7,10-11,13H,4-5,8-9H2,1-3H3/t10-,11-,13+/m1/s1. The van der Waals surface area contributed by atoms with Gasteiger partial charge in [-0.1, -0.05) is 13.8 Å². The summed E-state index contributed by atoms with van der Waals surface area (Å²) in [5.74, 6) is -1.35. The SMILES string of the molecule is CCOC(=O)c1csc([C@H](C#N)C(=O)[C@@H]2CSCN2C(=O)[C@H](C)CC)n1. The van der Waals surface area contributed by atoms with E-state index in [1.54, 1.807) is 11.8 Å². The summed E-state index contributed by atoms with van der Waals surface area (Å²) in [6.07, 6.45) is 0.692. The molecule has 7 nitrogen and oxygen atoms in total. The number of hydrogen-bond acceptors (Lipinski definition) is 8. The van der Waals surface area contributed by atoms with Crippen LogP contribution in [0, 0.1) is 17.2 Å². The number of esters is 1. The number of ether oxygens (including phenoxy) is 1. The number of carbonyl (C=O) groups excluding carboxylic acids is 3. The fraction of sp³-hybridized carbons (Fsp3) is 0.588. The second-order valence-electron chi connectivity index (χ2n) is 5.89. The van der Waals surface area contributed by atoms with Crippen molar-refractivity contribution in [2.24, 2.45) is 5.92 Å². The Morgan fingerprint density at radius 2 is 2.19 bits per heavy atom. The van der Waals surface area contributed by atoms with E-state index in [9.17, 15) is 19.6 Å². The van der Waals surface area contributed by atoms with Crippen molar-refractivity contribution >= 4 is 40.8 Å². The molecule has 140 valence electrons. The lowest BCUT2D eigenvalue weighted by molar-refractivity contribution is -0.140. The Morgan fingerprint density at radius 3 is 2.81 bits per heavy atom. The van der Waals surface area contributed by atoms with Gasteiger partial charge in [0, 0.05) is 17.1 Å². The molecule has 3 atom stereocenters. The van der Waals surface area contributed by atoms with E-state index in [4.69, 9.17) is 4.74 Å². The summed E-state index contributed by atoms with van der Waals surface area (Å²) in [6.45, 7) is 5.67.